The molecule has 164 valence electrons. The number of hydrogen-bond donors (Lipinski definition) is 1. The Morgan fingerprint density at radius 1 is 1.26 bits per heavy atom. The zero-order valence-corrected chi connectivity index (χ0v) is 19.9. The number of thiophene rings is 1. The van der Waals surface area contributed by atoms with Gasteiger partial charge in [0, 0.05) is 41.7 Å². The van der Waals surface area contributed by atoms with E-state index in [1.54, 1.807) is 22.7 Å². The fraction of sp³-hybridized carbons (Fsp3) is 0.391. The van der Waals surface area contributed by atoms with E-state index in [9.17, 15) is 4.79 Å². The van der Waals surface area contributed by atoms with Crippen molar-refractivity contribution in [2.45, 2.75) is 46.7 Å². The minimum atomic E-state index is -0.201. The van der Waals surface area contributed by atoms with Gasteiger partial charge >= 0.3 is 0 Å². The summed E-state index contributed by atoms with van der Waals surface area (Å²) in [5.74, 6) is 1.29. The van der Waals surface area contributed by atoms with Gasteiger partial charge in [-0.3, -0.25) is 9.69 Å². The van der Waals surface area contributed by atoms with E-state index < -0.39 is 0 Å². The lowest BCUT2D eigenvalue weighted by molar-refractivity contribution is -0.111. The molecule has 1 N–H and O–H groups in total. The van der Waals surface area contributed by atoms with Crippen LogP contribution in [-0.4, -0.2) is 35.2 Å². The third-order valence-electron chi connectivity index (χ3n) is 5.34. The highest BCUT2D eigenvalue weighted by Crippen LogP contribution is 2.47. The molecule has 5 rings (SSSR count). The number of nitrogens with zero attached hydrogens (tertiary/aromatic N) is 2. The summed E-state index contributed by atoms with van der Waals surface area (Å²) < 4.78 is 12.0. The smallest absolute Gasteiger partial charge is 0.248 e. The van der Waals surface area contributed by atoms with E-state index in [4.69, 9.17) is 14.5 Å². The Kier molecular flexibility index (Phi) is 6.31. The van der Waals surface area contributed by atoms with E-state index in [0.29, 0.717) is 6.04 Å². The first-order valence-electron chi connectivity index (χ1n) is 10.6. The SMILES string of the molecule is C=CC(=O)Nc1sc2c(c1-c1nc3cc4c(cc3s1)OCO4)CCN(C(C)C)C2.CC. The number of hydrogen-bond acceptors (Lipinski definition) is 7. The lowest BCUT2D eigenvalue weighted by Gasteiger charge is -2.30. The van der Waals surface area contributed by atoms with Gasteiger partial charge in [0.05, 0.1) is 10.2 Å². The number of ether oxygens (including phenoxy) is 2. The number of aromatic nitrogens is 1. The minimum absolute atomic E-state index is 0.201. The second kappa shape index (κ2) is 8.98. The van der Waals surface area contributed by atoms with Gasteiger partial charge in [0.1, 0.15) is 10.0 Å². The number of nitrogens with one attached hydrogen (secondary N) is 1. The largest absolute Gasteiger partial charge is 0.454 e. The number of anilines is 1. The normalized spacial score (nSPS) is 14.9. The highest BCUT2D eigenvalue weighted by molar-refractivity contribution is 7.23. The number of carbonyl (C=O) groups is 1. The first kappa shape index (κ1) is 21.8. The fourth-order valence-electron chi connectivity index (χ4n) is 3.77. The zero-order chi connectivity index (χ0) is 22.1. The van der Waals surface area contributed by atoms with E-state index in [1.165, 1.54) is 16.5 Å². The van der Waals surface area contributed by atoms with Crippen LogP contribution in [0.5, 0.6) is 11.5 Å². The molecule has 2 aliphatic rings. The van der Waals surface area contributed by atoms with Gasteiger partial charge in [0.15, 0.2) is 11.5 Å². The molecule has 4 heterocycles. The number of carbonyl (C=O) groups excluding carboxylic acids is 1. The lowest BCUT2D eigenvalue weighted by atomic mass is 10.0. The number of benzene rings is 1. The summed E-state index contributed by atoms with van der Waals surface area (Å²) in [4.78, 5) is 20.7. The Hall–Kier alpha value is -2.42. The lowest BCUT2D eigenvalue weighted by Crippen LogP contribution is -2.35. The Morgan fingerprint density at radius 2 is 2.00 bits per heavy atom. The van der Waals surface area contributed by atoms with Crippen LogP contribution in [0.1, 0.15) is 38.1 Å². The predicted molar refractivity (Wildman–Crippen MR) is 128 cm³/mol. The third kappa shape index (κ3) is 4.07. The molecule has 0 saturated carbocycles. The van der Waals surface area contributed by atoms with Crippen molar-refractivity contribution in [3.05, 3.63) is 35.2 Å². The van der Waals surface area contributed by atoms with E-state index in [2.05, 4.69) is 30.6 Å². The second-order valence-corrected chi connectivity index (χ2v) is 9.54. The molecule has 2 aliphatic heterocycles. The summed E-state index contributed by atoms with van der Waals surface area (Å²) in [5, 5.41) is 4.78. The molecule has 0 unspecified atom stereocenters. The molecular formula is C23H27N3O3S2. The molecule has 0 fully saturated rings. The van der Waals surface area contributed by atoms with E-state index in [1.807, 2.05) is 26.0 Å². The van der Waals surface area contributed by atoms with Crippen molar-refractivity contribution in [2.75, 3.05) is 18.7 Å². The summed E-state index contributed by atoms with van der Waals surface area (Å²) in [6.45, 7) is 14.2. The average molecular weight is 458 g/mol. The zero-order valence-electron chi connectivity index (χ0n) is 18.3. The highest BCUT2D eigenvalue weighted by atomic mass is 32.1. The van der Waals surface area contributed by atoms with Gasteiger partial charge in [-0.2, -0.15) is 0 Å². The van der Waals surface area contributed by atoms with E-state index in [-0.39, 0.29) is 12.7 Å². The van der Waals surface area contributed by atoms with Crippen LogP contribution in [0.2, 0.25) is 0 Å². The van der Waals surface area contributed by atoms with Crippen molar-refractivity contribution >= 4 is 43.8 Å². The molecule has 0 saturated heterocycles. The molecule has 6 nitrogen and oxygen atoms in total. The van der Waals surface area contributed by atoms with Crippen LogP contribution in [0.3, 0.4) is 0 Å². The molecule has 0 atom stereocenters. The van der Waals surface area contributed by atoms with Gasteiger partial charge in [0.25, 0.3) is 0 Å². The van der Waals surface area contributed by atoms with E-state index >= 15 is 0 Å². The Labute approximate surface area is 190 Å². The summed E-state index contributed by atoms with van der Waals surface area (Å²) in [5.41, 5.74) is 3.23. The molecule has 1 aromatic carbocycles. The highest BCUT2D eigenvalue weighted by Gasteiger charge is 2.28. The van der Waals surface area contributed by atoms with Gasteiger partial charge < -0.3 is 14.8 Å². The van der Waals surface area contributed by atoms with Crippen molar-refractivity contribution in [1.82, 2.24) is 9.88 Å². The van der Waals surface area contributed by atoms with Crippen molar-refractivity contribution < 1.29 is 14.3 Å². The Bertz CT molecular complexity index is 1090. The number of fused-ring (bicyclic) bond motifs is 3. The predicted octanol–water partition coefficient (Wildman–Crippen LogP) is 5.67. The van der Waals surface area contributed by atoms with Crippen LogP contribution in [0.4, 0.5) is 5.00 Å². The second-order valence-electron chi connectivity index (χ2n) is 7.41. The summed E-state index contributed by atoms with van der Waals surface area (Å²) >= 11 is 3.27. The third-order valence-corrected chi connectivity index (χ3v) is 7.50. The molecule has 8 heteroatoms. The maximum absolute atomic E-state index is 12.1. The first-order chi connectivity index (χ1) is 15.0. The van der Waals surface area contributed by atoms with Gasteiger partial charge in [-0.15, -0.1) is 22.7 Å². The average Bonchev–Trinajstić information content (AvgIpc) is 3.47. The molecule has 2 aromatic heterocycles. The van der Waals surface area contributed by atoms with Gasteiger partial charge in [0.2, 0.25) is 12.7 Å². The molecule has 31 heavy (non-hydrogen) atoms. The molecule has 3 aromatic rings. The maximum atomic E-state index is 12.1. The number of thiazole rings is 1. The van der Waals surface area contributed by atoms with Crippen molar-refractivity contribution in [1.29, 1.82) is 0 Å². The van der Waals surface area contributed by atoms with Gasteiger partial charge in [-0.05, 0) is 31.9 Å². The molecule has 0 bridgehead atoms. The molecule has 0 spiro atoms. The summed E-state index contributed by atoms with van der Waals surface area (Å²) in [6.07, 6.45) is 2.25. The summed E-state index contributed by atoms with van der Waals surface area (Å²) in [6, 6.07) is 4.41. The minimum Gasteiger partial charge on any atom is -0.454 e. The molecule has 1 amide bonds. The fourth-order valence-corrected chi connectivity index (χ4v) is 6.16. The first-order valence-corrected chi connectivity index (χ1v) is 12.2. The monoisotopic (exact) mass is 457 g/mol. The number of rotatable bonds is 4. The van der Waals surface area contributed by atoms with Gasteiger partial charge in [-0.1, -0.05) is 20.4 Å². The van der Waals surface area contributed by atoms with Crippen molar-refractivity contribution in [3.63, 3.8) is 0 Å². The van der Waals surface area contributed by atoms with Crippen molar-refractivity contribution in [2.24, 2.45) is 0 Å². The Morgan fingerprint density at radius 3 is 2.71 bits per heavy atom. The van der Waals surface area contributed by atoms with Crippen LogP contribution < -0.4 is 14.8 Å². The topological polar surface area (TPSA) is 63.7 Å². The maximum Gasteiger partial charge on any atom is 0.248 e. The van der Waals surface area contributed by atoms with E-state index in [0.717, 1.165) is 56.8 Å². The molecular weight excluding hydrogens is 430 g/mol. The van der Waals surface area contributed by atoms with Crippen molar-refractivity contribution in [3.8, 4) is 22.1 Å². The van der Waals surface area contributed by atoms with Crippen LogP contribution in [-0.2, 0) is 17.8 Å². The summed E-state index contributed by atoms with van der Waals surface area (Å²) in [7, 11) is 0. The van der Waals surface area contributed by atoms with Gasteiger partial charge in [-0.25, -0.2) is 4.98 Å². The van der Waals surface area contributed by atoms with Crippen LogP contribution >= 0.6 is 22.7 Å². The number of amides is 1. The van der Waals surface area contributed by atoms with Crippen LogP contribution in [0.25, 0.3) is 20.8 Å². The molecule has 0 radical (unpaired) electrons. The molecule has 0 aliphatic carbocycles. The van der Waals surface area contributed by atoms with Crippen LogP contribution in [0.15, 0.2) is 24.8 Å². The quantitative estimate of drug-likeness (QED) is 0.511. The van der Waals surface area contributed by atoms with Crippen LogP contribution in [0, 0.1) is 0 Å². The standard InChI is InChI=1S/C21H21N3O3S2.C2H6/c1-4-18(25)23-21-19(12-5-6-24(11(2)3)9-17(12)29-21)20-22-13-7-14-15(27-10-26-14)8-16(13)28-20;1-2/h4,7-8,11H,1,5-6,9-10H2,2-3H3,(H,23,25);1-2H3. The Balaban J connectivity index is 0.00000112.